The van der Waals surface area contributed by atoms with Crippen molar-refractivity contribution in [2.75, 3.05) is 17.6 Å². The molecule has 0 rings (SSSR count). The predicted molar refractivity (Wildman–Crippen MR) is 43.1 cm³/mol. The second kappa shape index (κ2) is 3.60. The van der Waals surface area contributed by atoms with E-state index < -0.39 is 0 Å². The third-order valence-corrected chi connectivity index (χ3v) is 4.02. The van der Waals surface area contributed by atoms with Crippen LogP contribution >= 0.6 is 22.2 Å². The van der Waals surface area contributed by atoms with Crippen LogP contribution in [0.2, 0.25) is 0 Å². The van der Waals surface area contributed by atoms with E-state index in [9.17, 15) is 0 Å². The lowest BCUT2D eigenvalue weighted by atomic mass is 11.9. The summed E-state index contributed by atoms with van der Waals surface area (Å²) in [5.74, 6) is 0. The molecule has 7 heavy (non-hydrogen) atoms. The fourth-order valence-corrected chi connectivity index (χ4v) is 3.17. The van der Waals surface area contributed by atoms with E-state index in [4.69, 9.17) is 10.3 Å². The van der Waals surface area contributed by atoms with Crippen LogP contribution in [0.3, 0.4) is 0 Å². The van der Waals surface area contributed by atoms with E-state index in [1.165, 1.54) is 0 Å². The Hall–Kier alpha value is 0.620. The van der Waals surface area contributed by atoms with E-state index in [-0.39, 0.29) is 22.2 Å². The van der Waals surface area contributed by atoms with Crippen molar-refractivity contribution in [3.63, 3.8) is 0 Å². The van der Waals surface area contributed by atoms with Gasteiger partial charge < -0.3 is 0 Å². The highest BCUT2D eigenvalue weighted by atomic mass is 32.3. The molecule has 0 saturated carbocycles. The Kier molecular flexibility index (Phi) is 3.92. The molecule has 2 atom stereocenters. The molecule has 0 amide bonds. The van der Waals surface area contributed by atoms with Crippen LogP contribution < -0.4 is 10.3 Å². The number of rotatable bonds is 2. The van der Waals surface area contributed by atoms with Crippen molar-refractivity contribution in [3.8, 4) is 0 Å². The molecule has 2 nitrogen and oxygen atoms in total. The first kappa shape index (κ1) is 7.62. The standard InChI is InChI=1S/C3H14N2S2/c1-6(4)3-7(2)5/h6-7H,3-5H2,1-2H3. The molecule has 2 unspecified atom stereocenters. The topological polar surface area (TPSA) is 52.0 Å². The molecule has 0 aromatic heterocycles. The molecule has 0 aliphatic rings. The summed E-state index contributed by atoms with van der Waals surface area (Å²) >= 11 is -0.472. The molecule has 0 aromatic carbocycles. The van der Waals surface area contributed by atoms with Gasteiger partial charge in [-0.3, -0.25) is 10.3 Å². The fraction of sp³-hybridized carbons (Fsp3) is 1.00. The normalized spacial score (nSPS) is 24.0. The molecule has 0 radical (unpaired) electrons. The molecule has 0 aromatic rings. The van der Waals surface area contributed by atoms with Crippen molar-refractivity contribution < 1.29 is 0 Å². The van der Waals surface area contributed by atoms with Gasteiger partial charge in [-0.25, -0.2) is 0 Å². The van der Waals surface area contributed by atoms with Crippen LogP contribution in [0, 0.1) is 0 Å². The molecule has 4 heteroatoms. The van der Waals surface area contributed by atoms with Crippen LogP contribution in [-0.4, -0.2) is 17.6 Å². The zero-order chi connectivity index (χ0) is 5.86. The van der Waals surface area contributed by atoms with Gasteiger partial charge in [-0.05, 0) is 12.5 Å². The highest BCUT2D eigenvalue weighted by molar-refractivity contribution is 8.30. The van der Waals surface area contributed by atoms with Gasteiger partial charge in [-0.15, -0.1) is 0 Å². The van der Waals surface area contributed by atoms with Gasteiger partial charge in [0.15, 0.2) is 0 Å². The molecule has 0 aliphatic heterocycles. The minimum absolute atomic E-state index is 0.236. The Bertz CT molecular complexity index is 40.2. The van der Waals surface area contributed by atoms with Crippen LogP contribution in [0.4, 0.5) is 0 Å². The molecule has 0 aliphatic carbocycles. The van der Waals surface area contributed by atoms with Crippen LogP contribution in [0.5, 0.6) is 0 Å². The summed E-state index contributed by atoms with van der Waals surface area (Å²) in [5.41, 5.74) is 0. The summed E-state index contributed by atoms with van der Waals surface area (Å²) in [5, 5.41) is 12.0. The van der Waals surface area contributed by atoms with E-state index >= 15 is 0 Å². The summed E-state index contributed by atoms with van der Waals surface area (Å²) in [6.07, 6.45) is 4.09. The molecule has 48 valence electrons. The zero-order valence-corrected chi connectivity index (χ0v) is 6.55. The van der Waals surface area contributed by atoms with Crippen molar-refractivity contribution in [1.82, 2.24) is 0 Å². The van der Waals surface area contributed by atoms with Crippen LogP contribution in [0.1, 0.15) is 0 Å². The maximum absolute atomic E-state index is 5.49. The van der Waals surface area contributed by atoms with Crippen LogP contribution in [0.25, 0.3) is 0 Å². The van der Waals surface area contributed by atoms with Gasteiger partial charge >= 0.3 is 0 Å². The van der Waals surface area contributed by atoms with Gasteiger partial charge in [0.05, 0.1) is 0 Å². The van der Waals surface area contributed by atoms with Crippen molar-refractivity contribution in [2.45, 2.75) is 0 Å². The third kappa shape index (κ3) is 6.62. The monoisotopic (exact) mass is 142 g/mol. The fourth-order valence-electron chi connectivity index (χ4n) is 0.352. The van der Waals surface area contributed by atoms with E-state index in [2.05, 4.69) is 0 Å². The first-order chi connectivity index (χ1) is 3.13. The summed E-state index contributed by atoms with van der Waals surface area (Å²) in [4.78, 5) is 0. The molecule has 0 saturated heterocycles. The number of nitrogens with two attached hydrogens (primary N) is 2. The smallest absolute Gasteiger partial charge is 0.0245 e. The molecule has 0 heterocycles. The highest BCUT2D eigenvalue weighted by Gasteiger charge is 1.88. The van der Waals surface area contributed by atoms with Crippen LogP contribution in [-0.2, 0) is 0 Å². The second-order valence-electron chi connectivity index (χ2n) is 1.66. The third-order valence-electron chi connectivity index (χ3n) is 0.446. The largest absolute Gasteiger partial charge is 0.296 e. The van der Waals surface area contributed by atoms with Gasteiger partial charge in [-0.1, -0.05) is 0 Å². The zero-order valence-electron chi connectivity index (χ0n) is 4.76. The molecule has 0 bridgehead atoms. The Labute approximate surface area is 50.6 Å². The van der Waals surface area contributed by atoms with Crippen LogP contribution in [0.15, 0.2) is 0 Å². The Morgan fingerprint density at radius 3 is 1.43 bits per heavy atom. The van der Waals surface area contributed by atoms with E-state index in [0.717, 1.165) is 5.08 Å². The second-order valence-corrected chi connectivity index (χ2v) is 5.81. The number of thiol groups is 2. The maximum atomic E-state index is 5.49. The molecular weight excluding hydrogens is 128 g/mol. The Morgan fingerprint density at radius 1 is 1.14 bits per heavy atom. The lowest BCUT2D eigenvalue weighted by molar-refractivity contribution is 1.85. The number of hydrogen-bond donors (Lipinski definition) is 4. The van der Waals surface area contributed by atoms with Gasteiger partial charge in [0.25, 0.3) is 0 Å². The maximum Gasteiger partial charge on any atom is 0.0245 e. The van der Waals surface area contributed by atoms with Gasteiger partial charge in [0, 0.05) is 5.08 Å². The SMILES string of the molecule is C[SH](N)C[SH](C)N. The molecule has 4 N–H and O–H groups in total. The van der Waals surface area contributed by atoms with E-state index in [1.54, 1.807) is 0 Å². The van der Waals surface area contributed by atoms with Crippen molar-refractivity contribution in [3.05, 3.63) is 0 Å². The quantitative estimate of drug-likeness (QED) is 0.409. The first-order valence-corrected chi connectivity index (χ1v) is 6.13. The summed E-state index contributed by atoms with van der Waals surface area (Å²) in [6.45, 7) is 0. The van der Waals surface area contributed by atoms with Gasteiger partial charge in [0.2, 0.25) is 0 Å². The average Bonchev–Trinajstić information content (AvgIpc) is 1.27. The summed E-state index contributed by atoms with van der Waals surface area (Å²) < 4.78 is 0. The summed E-state index contributed by atoms with van der Waals surface area (Å²) in [6, 6.07) is 0. The Morgan fingerprint density at radius 2 is 1.43 bits per heavy atom. The van der Waals surface area contributed by atoms with E-state index in [0.29, 0.717) is 0 Å². The predicted octanol–water partition coefficient (Wildman–Crippen LogP) is -0.0467. The van der Waals surface area contributed by atoms with Crippen molar-refractivity contribution in [1.29, 1.82) is 0 Å². The summed E-state index contributed by atoms with van der Waals surface area (Å²) in [7, 11) is 0. The first-order valence-electron chi connectivity index (χ1n) is 2.04. The van der Waals surface area contributed by atoms with Crippen molar-refractivity contribution in [2.24, 2.45) is 10.3 Å². The van der Waals surface area contributed by atoms with E-state index in [1.807, 2.05) is 12.5 Å². The molecule has 0 spiro atoms. The number of hydrogen-bond acceptors (Lipinski definition) is 2. The lowest BCUT2D eigenvalue weighted by Gasteiger charge is -2.14. The minimum Gasteiger partial charge on any atom is -0.296 e. The van der Waals surface area contributed by atoms with Gasteiger partial charge in [-0.2, -0.15) is 22.2 Å². The van der Waals surface area contributed by atoms with Gasteiger partial charge in [0.1, 0.15) is 0 Å². The minimum atomic E-state index is -0.236. The Balaban J connectivity index is 2.95. The van der Waals surface area contributed by atoms with Crippen molar-refractivity contribution >= 4 is 22.2 Å². The average molecular weight is 142 g/mol. The highest BCUT2D eigenvalue weighted by Crippen LogP contribution is 2.21. The lowest BCUT2D eigenvalue weighted by Crippen LogP contribution is -2.01. The molecule has 0 fully saturated rings. The molecular formula is C3H14N2S2.